The molecule has 1 unspecified atom stereocenters. The summed E-state index contributed by atoms with van der Waals surface area (Å²) in [6, 6.07) is 7.00. The molecule has 21 heavy (non-hydrogen) atoms. The van der Waals surface area contributed by atoms with Crippen LogP contribution in [0.4, 0.5) is 0 Å². The van der Waals surface area contributed by atoms with E-state index >= 15 is 0 Å². The van der Waals surface area contributed by atoms with Crippen LogP contribution in [-0.2, 0) is 4.74 Å². The summed E-state index contributed by atoms with van der Waals surface area (Å²) in [5.41, 5.74) is 1.24. The van der Waals surface area contributed by atoms with E-state index in [0.29, 0.717) is 24.3 Å². The lowest BCUT2D eigenvalue weighted by Crippen LogP contribution is -2.43. The van der Waals surface area contributed by atoms with Gasteiger partial charge in [-0.15, -0.1) is 0 Å². The maximum absolute atomic E-state index is 5.82. The van der Waals surface area contributed by atoms with Crippen LogP contribution in [0.1, 0.15) is 44.7 Å². The molecule has 116 valence electrons. The molecular weight excluding hydrogens is 266 g/mol. The predicted octanol–water partition coefficient (Wildman–Crippen LogP) is 3.06. The highest BCUT2D eigenvalue weighted by atomic mass is 16.5. The van der Waals surface area contributed by atoms with Gasteiger partial charge in [0.25, 0.3) is 0 Å². The molecule has 4 heteroatoms. The van der Waals surface area contributed by atoms with Gasteiger partial charge in [0.1, 0.15) is 11.5 Å². The fourth-order valence-corrected chi connectivity index (χ4v) is 3.50. The number of ether oxygens (including phenoxy) is 3. The van der Waals surface area contributed by atoms with Gasteiger partial charge in [-0.05, 0) is 32.8 Å². The van der Waals surface area contributed by atoms with E-state index in [0.717, 1.165) is 37.4 Å². The van der Waals surface area contributed by atoms with Gasteiger partial charge in [-0.3, -0.25) is 0 Å². The topological polar surface area (TPSA) is 39.7 Å². The Kier molecular flexibility index (Phi) is 4.36. The van der Waals surface area contributed by atoms with Crippen molar-refractivity contribution in [3.63, 3.8) is 0 Å². The molecule has 4 nitrogen and oxygen atoms in total. The quantitative estimate of drug-likeness (QED) is 0.929. The third kappa shape index (κ3) is 3.33. The van der Waals surface area contributed by atoms with Crippen molar-refractivity contribution in [2.24, 2.45) is 0 Å². The molecular formula is C17H25NO3. The number of benzene rings is 1. The summed E-state index contributed by atoms with van der Waals surface area (Å²) >= 11 is 0. The van der Waals surface area contributed by atoms with Crippen molar-refractivity contribution in [1.82, 2.24) is 5.32 Å². The second kappa shape index (κ2) is 6.24. The van der Waals surface area contributed by atoms with Gasteiger partial charge in [0.15, 0.2) is 0 Å². The number of rotatable bonds is 3. The molecule has 1 aromatic carbocycles. The Morgan fingerprint density at radius 1 is 1.19 bits per heavy atom. The number of hydrogen-bond acceptors (Lipinski definition) is 4. The van der Waals surface area contributed by atoms with Crippen molar-refractivity contribution in [2.45, 2.75) is 57.4 Å². The van der Waals surface area contributed by atoms with Crippen LogP contribution in [0, 0.1) is 0 Å². The molecule has 1 saturated heterocycles. The van der Waals surface area contributed by atoms with E-state index in [1.54, 1.807) is 7.11 Å². The van der Waals surface area contributed by atoms with Gasteiger partial charge < -0.3 is 19.5 Å². The van der Waals surface area contributed by atoms with Gasteiger partial charge in [0, 0.05) is 30.1 Å². The van der Waals surface area contributed by atoms with Gasteiger partial charge in [-0.25, -0.2) is 0 Å². The predicted molar refractivity (Wildman–Crippen MR) is 82.0 cm³/mol. The van der Waals surface area contributed by atoms with Crippen LogP contribution in [0.5, 0.6) is 11.5 Å². The molecule has 1 fully saturated rings. The average Bonchev–Trinajstić information content (AvgIpc) is 2.46. The fraction of sp³-hybridized carbons (Fsp3) is 0.647. The van der Waals surface area contributed by atoms with Gasteiger partial charge in [0.2, 0.25) is 0 Å². The van der Waals surface area contributed by atoms with Gasteiger partial charge in [-0.1, -0.05) is 6.07 Å². The number of fused-ring (bicyclic) bond motifs is 1. The Hall–Kier alpha value is -1.26. The van der Waals surface area contributed by atoms with Crippen LogP contribution in [-0.4, -0.2) is 32.0 Å². The number of methoxy groups -OCH3 is 1. The molecule has 3 rings (SSSR count). The third-order valence-electron chi connectivity index (χ3n) is 4.39. The van der Waals surface area contributed by atoms with Gasteiger partial charge >= 0.3 is 0 Å². The molecule has 4 atom stereocenters. The van der Waals surface area contributed by atoms with Crippen LogP contribution in [0.15, 0.2) is 18.2 Å². The van der Waals surface area contributed by atoms with Crippen molar-refractivity contribution < 1.29 is 14.2 Å². The SMILES string of the molecule is COc1ccc2c(c1)OCC[C@@H]2NC1C[C@@H](C)O[C@@H](C)C1. The number of hydrogen-bond donors (Lipinski definition) is 1. The summed E-state index contributed by atoms with van der Waals surface area (Å²) in [5.74, 6) is 1.80. The summed E-state index contributed by atoms with van der Waals surface area (Å²) in [4.78, 5) is 0. The Balaban J connectivity index is 1.73. The molecule has 2 aliphatic rings. The Labute approximate surface area is 126 Å². The Morgan fingerprint density at radius 2 is 1.95 bits per heavy atom. The summed E-state index contributed by atoms with van der Waals surface area (Å²) in [5, 5.41) is 3.81. The van der Waals surface area contributed by atoms with Crippen LogP contribution in [0.2, 0.25) is 0 Å². The van der Waals surface area contributed by atoms with Crippen LogP contribution in [0.25, 0.3) is 0 Å². The van der Waals surface area contributed by atoms with E-state index in [1.807, 2.05) is 12.1 Å². The summed E-state index contributed by atoms with van der Waals surface area (Å²) < 4.78 is 16.9. The molecule has 0 saturated carbocycles. The van der Waals surface area contributed by atoms with Crippen LogP contribution >= 0.6 is 0 Å². The molecule has 0 bridgehead atoms. The van der Waals surface area contributed by atoms with Crippen LogP contribution in [0.3, 0.4) is 0 Å². The van der Waals surface area contributed by atoms with Crippen molar-refractivity contribution >= 4 is 0 Å². The average molecular weight is 291 g/mol. The first kappa shape index (κ1) is 14.7. The molecule has 0 radical (unpaired) electrons. The third-order valence-corrected chi connectivity index (χ3v) is 4.39. The molecule has 0 amide bonds. The summed E-state index contributed by atoms with van der Waals surface area (Å²) in [6.07, 6.45) is 3.84. The van der Waals surface area contributed by atoms with Crippen molar-refractivity contribution in [2.75, 3.05) is 13.7 Å². The van der Waals surface area contributed by atoms with E-state index in [4.69, 9.17) is 14.2 Å². The molecule has 2 aliphatic heterocycles. The van der Waals surface area contributed by atoms with E-state index in [2.05, 4.69) is 25.2 Å². The highest BCUT2D eigenvalue weighted by molar-refractivity contribution is 5.43. The smallest absolute Gasteiger partial charge is 0.127 e. The molecule has 1 N–H and O–H groups in total. The number of nitrogens with one attached hydrogen (secondary N) is 1. The van der Waals surface area contributed by atoms with E-state index < -0.39 is 0 Å². The zero-order chi connectivity index (χ0) is 14.8. The molecule has 2 heterocycles. The fourth-order valence-electron chi connectivity index (χ4n) is 3.50. The lowest BCUT2D eigenvalue weighted by molar-refractivity contribution is -0.0441. The van der Waals surface area contributed by atoms with Crippen molar-refractivity contribution in [1.29, 1.82) is 0 Å². The highest BCUT2D eigenvalue weighted by Crippen LogP contribution is 2.36. The van der Waals surface area contributed by atoms with Crippen molar-refractivity contribution in [3.05, 3.63) is 23.8 Å². The Bertz CT molecular complexity index is 481. The first-order chi connectivity index (χ1) is 10.2. The van der Waals surface area contributed by atoms with E-state index in [1.165, 1.54) is 5.56 Å². The van der Waals surface area contributed by atoms with E-state index in [9.17, 15) is 0 Å². The lowest BCUT2D eigenvalue weighted by atomic mass is 9.95. The highest BCUT2D eigenvalue weighted by Gasteiger charge is 2.29. The second-order valence-electron chi connectivity index (χ2n) is 6.19. The Morgan fingerprint density at radius 3 is 2.67 bits per heavy atom. The standard InChI is InChI=1S/C17H25NO3/c1-11-8-13(9-12(2)21-11)18-16-6-7-20-17-10-14(19-3)4-5-15(16)17/h4-5,10-13,16,18H,6-9H2,1-3H3/t11-,12+,13?,16-/m0/s1. The van der Waals surface area contributed by atoms with Crippen molar-refractivity contribution in [3.8, 4) is 11.5 Å². The van der Waals surface area contributed by atoms with Gasteiger partial charge in [0.05, 0.1) is 25.9 Å². The minimum Gasteiger partial charge on any atom is -0.497 e. The summed E-state index contributed by atoms with van der Waals surface area (Å²) in [6.45, 7) is 5.08. The first-order valence-corrected chi connectivity index (χ1v) is 7.88. The molecule has 0 spiro atoms. The zero-order valence-electron chi connectivity index (χ0n) is 13.1. The first-order valence-electron chi connectivity index (χ1n) is 7.88. The largest absolute Gasteiger partial charge is 0.497 e. The normalized spacial score (nSPS) is 32.1. The minimum atomic E-state index is 0.335. The minimum absolute atomic E-state index is 0.335. The molecule has 0 aliphatic carbocycles. The maximum Gasteiger partial charge on any atom is 0.127 e. The van der Waals surface area contributed by atoms with Crippen LogP contribution < -0.4 is 14.8 Å². The maximum atomic E-state index is 5.82. The molecule has 1 aromatic rings. The van der Waals surface area contributed by atoms with Gasteiger partial charge in [-0.2, -0.15) is 0 Å². The van der Waals surface area contributed by atoms with E-state index in [-0.39, 0.29) is 0 Å². The summed E-state index contributed by atoms with van der Waals surface area (Å²) in [7, 11) is 1.69. The molecule has 0 aromatic heterocycles. The second-order valence-corrected chi connectivity index (χ2v) is 6.19. The zero-order valence-corrected chi connectivity index (χ0v) is 13.1. The monoisotopic (exact) mass is 291 g/mol. The lowest BCUT2D eigenvalue weighted by Gasteiger charge is -2.36.